The van der Waals surface area contributed by atoms with Crippen molar-refractivity contribution in [2.75, 3.05) is 0 Å². The van der Waals surface area contributed by atoms with Crippen molar-refractivity contribution in [1.29, 1.82) is 0 Å². The Bertz CT molecular complexity index is 424. The molecule has 0 unspecified atom stereocenters. The molecule has 3 nitrogen and oxygen atoms in total. The van der Waals surface area contributed by atoms with Gasteiger partial charge < -0.3 is 9.90 Å². The molecule has 0 fully saturated rings. The van der Waals surface area contributed by atoms with Crippen LogP contribution in [0.25, 0.3) is 6.08 Å². The number of benzene rings is 1. The molecule has 0 saturated carbocycles. The second-order valence-electron chi connectivity index (χ2n) is 3.22. The lowest BCUT2D eigenvalue weighted by atomic mass is 10.0. The number of aldehydes is 1. The molecule has 0 radical (unpaired) electrons. The monoisotopic (exact) mass is 282 g/mol. The Balaban J connectivity index is 2.97. The molecule has 0 aliphatic rings. The van der Waals surface area contributed by atoms with E-state index in [0.717, 1.165) is 28.0 Å². The van der Waals surface area contributed by atoms with Gasteiger partial charge in [-0.2, -0.15) is 0 Å². The van der Waals surface area contributed by atoms with E-state index in [0.29, 0.717) is 12.8 Å². The predicted molar refractivity (Wildman–Crippen MR) is 65.2 cm³/mol. The van der Waals surface area contributed by atoms with Crippen LogP contribution in [-0.4, -0.2) is 17.4 Å². The Labute approximate surface area is 102 Å². The van der Waals surface area contributed by atoms with Gasteiger partial charge in [-0.15, -0.1) is 0 Å². The summed E-state index contributed by atoms with van der Waals surface area (Å²) in [5.41, 5.74) is 1.78. The first-order valence-corrected chi connectivity index (χ1v) is 5.56. The van der Waals surface area contributed by atoms with E-state index in [1.54, 1.807) is 0 Å². The zero-order chi connectivity index (χ0) is 12.0. The first kappa shape index (κ1) is 12.6. The van der Waals surface area contributed by atoms with Gasteiger partial charge in [0.15, 0.2) is 0 Å². The fourth-order valence-corrected chi connectivity index (χ4v) is 1.74. The SMILES string of the molecule is O=CCCc1cc(Br)ccc1/C=C/C(=O)O. The Hall–Kier alpha value is -1.42. The van der Waals surface area contributed by atoms with Crippen LogP contribution in [0.5, 0.6) is 0 Å². The number of carbonyl (C=O) groups is 2. The number of aryl methyl sites for hydroxylation is 1. The third-order valence-corrected chi connectivity index (χ3v) is 2.54. The van der Waals surface area contributed by atoms with E-state index >= 15 is 0 Å². The van der Waals surface area contributed by atoms with Gasteiger partial charge in [-0.05, 0) is 35.8 Å². The molecule has 1 aromatic rings. The maximum atomic E-state index is 10.4. The van der Waals surface area contributed by atoms with Gasteiger partial charge in [0.05, 0.1) is 0 Å². The second kappa shape index (κ2) is 6.23. The molecular weight excluding hydrogens is 272 g/mol. The summed E-state index contributed by atoms with van der Waals surface area (Å²) in [6.07, 6.45) is 4.53. The quantitative estimate of drug-likeness (QED) is 0.667. The van der Waals surface area contributed by atoms with Crippen LogP contribution < -0.4 is 0 Å². The summed E-state index contributed by atoms with van der Waals surface area (Å²) in [5, 5.41) is 8.54. The second-order valence-corrected chi connectivity index (χ2v) is 4.14. The summed E-state index contributed by atoms with van der Waals surface area (Å²) >= 11 is 3.34. The summed E-state index contributed by atoms with van der Waals surface area (Å²) in [7, 11) is 0. The highest BCUT2D eigenvalue weighted by atomic mass is 79.9. The Morgan fingerprint density at radius 2 is 2.19 bits per heavy atom. The van der Waals surface area contributed by atoms with Crippen molar-refractivity contribution in [2.45, 2.75) is 12.8 Å². The Morgan fingerprint density at radius 3 is 2.81 bits per heavy atom. The lowest BCUT2D eigenvalue weighted by Gasteiger charge is -2.04. The first-order chi connectivity index (χ1) is 7.63. The molecule has 0 aromatic heterocycles. The highest BCUT2D eigenvalue weighted by Gasteiger charge is 2.01. The topological polar surface area (TPSA) is 54.4 Å². The van der Waals surface area contributed by atoms with E-state index < -0.39 is 5.97 Å². The number of aliphatic carboxylic acids is 1. The van der Waals surface area contributed by atoms with Crippen molar-refractivity contribution >= 4 is 34.3 Å². The number of hydrogen-bond donors (Lipinski definition) is 1. The number of rotatable bonds is 5. The van der Waals surface area contributed by atoms with E-state index in [-0.39, 0.29) is 0 Å². The predicted octanol–water partition coefficient (Wildman–Crippen LogP) is 2.68. The molecule has 4 heteroatoms. The molecule has 1 aromatic carbocycles. The number of carboxylic acids is 1. The number of halogens is 1. The number of carboxylic acid groups (broad SMARTS) is 1. The molecule has 0 aliphatic heterocycles. The van der Waals surface area contributed by atoms with Crippen molar-refractivity contribution in [1.82, 2.24) is 0 Å². The fourth-order valence-electron chi connectivity index (χ4n) is 1.33. The van der Waals surface area contributed by atoms with E-state index in [1.807, 2.05) is 18.2 Å². The minimum absolute atomic E-state index is 0.435. The molecule has 1 N–H and O–H groups in total. The molecule has 16 heavy (non-hydrogen) atoms. The first-order valence-electron chi connectivity index (χ1n) is 4.76. The van der Waals surface area contributed by atoms with Gasteiger partial charge in [-0.25, -0.2) is 4.79 Å². The molecule has 0 bridgehead atoms. The Morgan fingerprint density at radius 1 is 1.44 bits per heavy atom. The Kier molecular flexibility index (Phi) is 4.92. The van der Waals surface area contributed by atoms with Crippen LogP contribution in [0.3, 0.4) is 0 Å². The van der Waals surface area contributed by atoms with E-state index in [9.17, 15) is 9.59 Å². The van der Waals surface area contributed by atoms with Gasteiger partial charge in [0.1, 0.15) is 6.29 Å². The maximum Gasteiger partial charge on any atom is 0.328 e. The zero-order valence-electron chi connectivity index (χ0n) is 8.52. The number of hydrogen-bond acceptors (Lipinski definition) is 2. The van der Waals surface area contributed by atoms with Gasteiger partial charge in [-0.3, -0.25) is 0 Å². The largest absolute Gasteiger partial charge is 0.478 e. The molecule has 0 amide bonds. The summed E-state index contributed by atoms with van der Waals surface area (Å²) in [6, 6.07) is 5.56. The van der Waals surface area contributed by atoms with Crippen LogP contribution in [0.2, 0.25) is 0 Å². The number of carbonyl (C=O) groups excluding carboxylic acids is 1. The normalized spacial score (nSPS) is 10.6. The zero-order valence-corrected chi connectivity index (χ0v) is 10.1. The third kappa shape index (κ3) is 3.98. The van der Waals surface area contributed by atoms with Gasteiger partial charge in [0.25, 0.3) is 0 Å². The van der Waals surface area contributed by atoms with Crippen molar-refractivity contribution in [3.63, 3.8) is 0 Å². The molecule has 0 atom stereocenters. The summed E-state index contributed by atoms with van der Waals surface area (Å²) < 4.78 is 0.917. The summed E-state index contributed by atoms with van der Waals surface area (Å²) in [5.74, 6) is -0.982. The molecule has 0 saturated heterocycles. The summed E-state index contributed by atoms with van der Waals surface area (Å²) in [4.78, 5) is 20.7. The molecule has 84 valence electrons. The van der Waals surface area contributed by atoms with Crippen molar-refractivity contribution in [2.24, 2.45) is 0 Å². The minimum Gasteiger partial charge on any atom is -0.478 e. The average Bonchev–Trinajstić information content (AvgIpc) is 2.24. The van der Waals surface area contributed by atoms with Crippen LogP contribution in [-0.2, 0) is 16.0 Å². The van der Waals surface area contributed by atoms with Crippen LogP contribution in [0, 0.1) is 0 Å². The van der Waals surface area contributed by atoms with Crippen LogP contribution >= 0.6 is 15.9 Å². The van der Waals surface area contributed by atoms with Crippen LogP contribution in [0.4, 0.5) is 0 Å². The van der Waals surface area contributed by atoms with Crippen LogP contribution in [0.15, 0.2) is 28.7 Å². The van der Waals surface area contributed by atoms with Crippen molar-refractivity contribution in [3.8, 4) is 0 Å². The maximum absolute atomic E-state index is 10.4. The lowest BCUT2D eigenvalue weighted by molar-refractivity contribution is -0.131. The van der Waals surface area contributed by atoms with E-state index in [4.69, 9.17) is 5.11 Å². The van der Waals surface area contributed by atoms with Crippen molar-refractivity contribution < 1.29 is 14.7 Å². The van der Waals surface area contributed by atoms with Gasteiger partial charge in [-0.1, -0.05) is 22.0 Å². The molecule has 0 aliphatic carbocycles. The molecular formula is C12H11BrO3. The van der Waals surface area contributed by atoms with E-state index in [1.165, 1.54) is 6.08 Å². The van der Waals surface area contributed by atoms with Gasteiger partial charge in [0, 0.05) is 17.0 Å². The fraction of sp³-hybridized carbons (Fsp3) is 0.167. The van der Waals surface area contributed by atoms with Crippen molar-refractivity contribution in [3.05, 3.63) is 39.9 Å². The standard InChI is InChI=1S/C12H11BrO3/c13-11-5-3-9(4-6-12(15)16)10(8-11)2-1-7-14/h3-8H,1-2H2,(H,15,16)/b6-4+. The van der Waals surface area contributed by atoms with Crippen LogP contribution in [0.1, 0.15) is 17.5 Å². The van der Waals surface area contributed by atoms with Gasteiger partial charge >= 0.3 is 5.97 Å². The third-order valence-electron chi connectivity index (χ3n) is 2.04. The highest BCUT2D eigenvalue weighted by Crippen LogP contribution is 2.19. The van der Waals surface area contributed by atoms with Gasteiger partial charge in [0.2, 0.25) is 0 Å². The minimum atomic E-state index is -0.982. The lowest BCUT2D eigenvalue weighted by Crippen LogP contribution is -1.92. The highest BCUT2D eigenvalue weighted by molar-refractivity contribution is 9.10. The average molecular weight is 283 g/mol. The summed E-state index contributed by atoms with van der Waals surface area (Å²) in [6.45, 7) is 0. The van der Waals surface area contributed by atoms with E-state index in [2.05, 4.69) is 15.9 Å². The molecule has 0 spiro atoms. The molecule has 1 rings (SSSR count). The molecule has 0 heterocycles. The smallest absolute Gasteiger partial charge is 0.328 e.